The Morgan fingerprint density at radius 2 is 2.36 bits per heavy atom. The summed E-state index contributed by atoms with van der Waals surface area (Å²) in [6.45, 7) is 7.96. The first-order valence-electron chi connectivity index (χ1n) is 8.55. The molecule has 2 aromatic heterocycles. The van der Waals surface area contributed by atoms with Crippen molar-refractivity contribution < 1.29 is 14.3 Å². The van der Waals surface area contributed by atoms with Crippen LogP contribution in [0, 0.1) is 13.8 Å². The summed E-state index contributed by atoms with van der Waals surface area (Å²) < 4.78 is 13.3. The quantitative estimate of drug-likeness (QED) is 0.821. The standard InChI is InChI=1S/C18H23N3O3S/c1-4-23-17-15(8-5-9-19-17)16(22)20-18-21(12(2)13(3)25-18)11-14-7-6-10-24-14/h5,8-9,14H,4,6-7,10-11H2,1-3H3/b20-18-. The first-order valence-corrected chi connectivity index (χ1v) is 9.37. The highest BCUT2D eigenvalue weighted by Gasteiger charge is 2.19. The third-order valence-corrected chi connectivity index (χ3v) is 5.38. The van der Waals surface area contributed by atoms with E-state index in [0.717, 1.165) is 36.6 Å². The third-order valence-electron chi connectivity index (χ3n) is 4.28. The molecule has 3 rings (SSSR count). The van der Waals surface area contributed by atoms with Crippen molar-refractivity contribution in [2.75, 3.05) is 13.2 Å². The highest BCUT2D eigenvalue weighted by Crippen LogP contribution is 2.18. The molecule has 1 fully saturated rings. The molecule has 0 N–H and O–H groups in total. The number of carbonyl (C=O) groups excluding carboxylic acids is 1. The van der Waals surface area contributed by atoms with Gasteiger partial charge in [0.25, 0.3) is 5.91 Å². The number of amides is 1. The van der Waals surface area contributed by atoms with Gasteiger partial charge in [-0.25, -0.2) is 4.98 Å². The predicted molar refractivity (Wildman–Crippen MR) is 96.1 cm³/mol. The molecule has 1 atom stereocenters. The second-order valence-electron chi connectivity index (χ2n) is 5.98. The van der Waals surface area contributed by atoms with Crippen LogP contribution in [0.1, 0.15) is 40.7 Å². The molecule has 1 saturated heterocycles. The van der Waals surface area contributed by atoms with Crippen molar-refractivity contribution in [1.82, 2.24) is 9.55 Å². The van der Waals surface area contributed by atoms with E-state index in [-0.39, 0.29) is 12.0 Å². The van der Waals surface area contributed by atoms with E-state index >= 15 is 0 Å². The maximum atomic E-state index is 12.7. The number of hydrogen-bond donors (Lipinski definition) is 0. The lowest BCUT2D eigenvalue weighted by atomic mass is 10.2. The van der Waals surface area contributed by atoms with Gasteiger partial charge in [-0.3, -0.25) is 4.79 Å². The van der Waals surface area contributed by atoms with Crippen LogP contribution in [-0.4, -0.2) is 34.8 Å². The van der Waals surface area contributed by atoms with Crippen LogP contribution in [0.25, 0.3) is 0 Å². The van der Waals surface area contributed by atoms with Crippen LogP contribution in [0.15, 0.2) is 23.3 Å². The number of hydrogen-bond acceptors (Lipinski definition) is 5. The van der Waals surface area contributed by atoms with Gasteiger partial charge >= 0.3 is 0 Å². The molecule has 1 aliphatic heterocycles. The summed E-state index contributed by atoms with van der Waals surface area (Å²) in [5.41, 5.74) is 1.51. The number of rotatable bonds is 5. The van der Waals surface area contributed by atoms with E-state index < -0.39 is 0 Å². The molecule has 1 aliphatic rings. The largest absolute Gasteiger partial charge is 0.477 e. The van der Waals surface area contributed by atoms with Crippen molar-refractivity contribution in [3.05, 3.63) is 39.3 Å². The molecule has 0 bridgehead atoms. The van der Waals surface area contributed by atoms with E-state index in [1.807, 2.05) is 13.8 Å². The Bertz CT molecular complexity index is 819. The zero-order valence-electron chi connectivity index (χ0n) is 14.8. The molecule has 0 aromatic carbocycles. The number of aromatic nitrogens is 2. The molecule has 25 heavy (non-hydrogen) atoms. The average molecular weight is 361 g/mol. The lowest BCUT2D eigenvalue weighted by molar-refractivity contribution is 0.0944. The zero-order valence-corrected chi connectivity index (χ0v) is 15.6. The normalized spacial score (nSPS) is 17.9. The molecular weight excluding hydrogens is 338 g/mol. The molecule has 3 heterocycles. The van der Waals surface area contributed by atoms with Crippen LogP contribution in [0.4, 0.5) is 0 Å². The Kier molecular flexibility index (Phi) is 5.65. The maximum absolute atomic E-state index is 12.7. The summed E-state index contributed by atoms with van der Waals surface area (Å²) in [6, 6.07) is 3.41. The Balaban J connectivity index is 1.95. The summed E-state index contributed by atoms with van der Waals surface area (Å²) in [5.74, 6) is -0.00619. The highest BCUT2D eigenvalue weighted by molar-refractivity contribution is 7.09. The van der Waals surface area contributed by atoms with E-state index in [9.17, 15) is 4.79 Å². The van der Waals surface area contributed by atoms with E-state index in [1.54, 1.807) is 18.3 Å². The molecule has 0 aliphatic carbocycles. The molecule has 7 heteroatoms. The van der Waals surface area contributed by atoms with E-state index in [2.05, 4.69) is 21.5 Å². The Morgan fingerprint density at radius 1 is 1.52 bits per heavy atom. The number of aryl methyl sites for hydroxylation is 1. The maximum Gasteiger partial charge on any atom is 0.285 e. The van der Waals surface area contributed by atoms with Gasteiger partial charge in [-0.15, -0.1) is 11.3 Å². The number of pyridine rings is 1. The van der Waals surface area contributed by atoms with Crippen LogP contribution in [0.3, 0.4) is 0 Å². The van der Waals surface area contributed by atoms with Gasteiger partial charge in [-0.1, -0.05) is 0 Å². The van der Waals surface area contributed by atoms with Crippen LogP contribution in [0.5, 0.6) is 5.88 Å². The molecule has 0 spiro atoms. The van der Waals surface area contributed by atoms with Crippen molar-refractivity contribution in [3.63, 3.8) is 0 Å². The van der Waals surface area contributed by atoms with Crippen LogP contribution in [-0.2, 0) is 11.3 Å². The van der Waals surface area contributed by atoms with Gasteiger partial charge in [0.2, 0.25) is 5.88 Å². The second-order valence-corrected chi connectivity index (χ2v) is 7.16. The van der Waals surface area contributed by atoms with Gasteiger partial charge in [-0.2, -0.15) is 4.99 Å². The molecule has 0 saturated carbocycles. The summed E-state index contributed by atoms with van der Waals surface area (Å²) >= 11 is 1.53. The van der Waals surface area contributed by atoms with Crippen LogP contribution in [0.2, 0.25) is 0 Å². The van der Waals surface area contributed by atoms with Gasteiger partial charge in [0, 0.05) is 23.4 Å². The Labute approximate surface area is 151 Å². The van der Waals surface area contributed by atoms with E-state index in [0.29, 0.717) is 22.9 Å². The van der Waals surface area contributed by atoms with Crippen LogP contribution >= 0.6 is 11.3 Å². The topological polar surface area (TPSA) is 65.7 Å². The monoisotopic (exact) mass is 361 g/mol. The fraction of sp³-hybridized carbons (Fsp3) is 0.500. The number of nitrogens with zero attached hydrogens (tertiary/aromatic N) is 3. The molecule has 1 amide bonds. The lowest BCUT2D eigenvalue weighted by Crippen LogP contribution is -2.25. The fourth-order valence-electron chi connectivity index (χ4n) is 2.84. The molecule has 6 nitrogen and oxygen atoms in total. The fourth-order valence-corrected chi connectivity index (χ4v) is 3.82. The number of carbonyl (C=O) groups is 1. The van der Waals surface area contributed by atoms with Gasteiger partial charge in [0.05, 0.1) is 19.3 Å². The van der Waals surface area contributed by atoms with Gasteiger partial charge < -0.3 is 14.0 Å². The van der Waals surface area contributed by atoms with Crippen molar-refractivity contribution in [2.45, 2.75) is 46.3 Å². The summed E-state index contributed by atoms with van der Waals surface area (Å²) in [7, 11) is 0. The third kappa shape index (κ3) is 3.99. The number of thiazole rings is 1. The first kappa shape index (κ1) is 17.8. The smallest absolute Gasteiger partial charge is 0.285 e. The second kappa shape index (κ2) is 7.93. The minimum Gasteiger partial charge on any atom is -0.477 e. The predicted octanol–water partition coefficient (Wildman–Crippen LogP) is 2.88. The zero-order chi connectivity index (χ0) is 17.8. The van der Waals surface area contributed by atoms with Crippen LogP contribution < -0.4 is 9.54 Å². The van der Waals surface area contributed by atoms with Crippen molar-refractivity contribution in [2.24, 2.45) is 4.99 Å². The minimum atomic E-state index is -0.334. The molecule has 134 valence electrons. The van der Waals surface area contributed by atoms with Gasteiger partial charge in [0.15, 0.2) is 4.80 Å². The first-order chi connectivity index (χ1) is 12.1. The molecule has 2 aromatic rings. The van der Waals surface area contributed by atoms with Crippen molar-refractivity contribution >= 4 is 17.2 Å². The van der Waals surface area contributed by atoms with Crippen molar-refractivity contribution in [1.29, 1.82) is 0 Å². The summed E-state index contributed by atoms with van der Waals surface area (Å²) in [5, 5.41) is 0. The molecular formula is C18H23N3O3S. The summed E-state index contributed by atoms with van der Waals surface area (Å²) in [6.07, 6.45) is 3.94. The average Bonchev–Trinajstić information content (AvgIpc) is 3.20. The van der Waals surface area contributed by atoms with E-state index in [4.69, 9.17) is 9.47 Å². The summed E-state index contributed by atoms with van der Waals surface area (Å²) in [4.78, 5) is 23.0. The Hall–Kier alpha value is -1.99. The van der Waals surface area contributed by atoms with Gasteiger partial charge in [0.1, 0.15) is 5.56 Å². The number of ether oxygens (including phenoxy) is 2. The minimum absolute atomic E-state index is 0.194. The molecule has 1 unspecified atom stereocenters. The Morgan fingerprint density at radius 3 is 3.08 bits per heavy atom. The lowest BCUT2D eigenvalue weighted by Gasteiger charge is -2.12. The van der Waals surface area contributed by atoms with E-state index in [1.165, 1.54) is 11.3 Å². The highest BCUT2D eigenvalue weighted by atomic mass is 32.1. The SMILES string of the molecule is CCOc1ncccc1C(=O)/N=c1\sc(C)c(C)n1CC1CCCO1. The van der Waals surface area contributed by atoms with Gasteiger partial charge in [-0.05, 0) is 45.7 Å². The molecule has 0 radical (unpaired) electrons. The van der Waals surface area contributed by atoms with Crippen molar-refractivity contribution in [3.8, 4) is 5.88 Å².